The van der Waals surface area contributed by atoms with Crippen molar-refractivity contribution in [3.8, 4) is 5.88 Å². The number of hydrogen-bond acceptors (Lipinski definition) is 6. The van der Waals surface area contributed by atoms with Crippen molar-refractivity contribution in [2.45, 2.75) is 11.8 Å². The number of rotatable bonds is 5. The number of nitrogens with zero attached hydrogens (tertiary/aromatic N) is 2. The zero-order valence-corrected chi connectivity index (χ0v) is 11.7. The summed E-state index contributed by atoms with van der Waals surface area (Å²) in [5.41, 5.74) is 7.37. The number of hydrogen-bond donors (Lipinski definition) is 2. The van der Waals surface area contributed by atoms with Gasteiger partial charge < -0.3 is 15.8 Å². The summed E-state index contributed by atoms with van der Waals surface area (Å²) in [5, 5.41) is 3.21. The molecule has 0 amide bonds. The van der Waals surface area contributed by atoms with Gasteiger partial charge in [0, 0.05) is 4.90 Å². The molecule has 0 atom stereocenters. The first-order chi connectivity index (χ1) is 9.26. The van der Waals surface area contributed by atoms with E-state index >= 15 is 0 Å². The Balaban J connectivity index is 2.30. The third kappa shape index (κ3) is 3.08. The molecule has 2 aromatic rings. The van der Waals surface area contributed by atoms with Crippen LogP contribution in [0.5, 0.6) is 5.88 Å². The summed E-state index contributed by atoms with van der Waals surface area (Å²) < 4.78 is 5.35. The van der Waals surface area contributed by atoms with Crippen molar-refractivity contribution in [1.82, 2.24) is 9.97 Å². The van der Waals surface area contributed by atoms with Crippen molar-refractivity contribution in [1.29, 1.82) is 0 Å². The Labute approximate surface area is 116 Å². The minimum atomic E-state index is 0.404. The predicted molar refractivity (Wildman–Crippen MR) is 79.1 cm³/mol. The summed E-state index contributed by atoms with van der Waals surface area (Å²) in [5.74, 6) is 0.960. The second-order valence-electron chi connectivity index (χ2n) is 3.70. The molecule has 0 saturated heterocycles. The van der Waals surface area contributed by atoms with Gasteiger partial charge in [0.1, 0.15) is 12.0 Å². The fourth-order valence-corrected chi connectivity index (χ4v) is 2.16. The lowest BCUT2D eigenvalue weighted by atomic mass is 10.3. The van der Waals surface area contributed by atoms with Gasteiger partial charge in [0.15, 0.2) is 5.82 Å². The van der Waals surface area contributed by atoms with Crippen LogP contribution in [-0.4, -0.2) is 22.8 Å². The summed E-state index contributed by atoms with van der Waals surface area (Å²) in [6.07, 6.45) is 3.46. The van der Waals surface area contributed by atoms with Crippen LogP contribution in [0.15, 0.2) is 35.5 Å². The smallest absolute Gasteiger partial charge is 0.242 e. The molecular weight excluding hydrogens is 260 g/mol. The largest absolute Gasteiger partial charge is 0.476 e. The van der Waals surface area contributed by atoms with E-state index in [0.717, 1.165) is 10.6 Å². The molecule has 100 valence electrons. The molecule has 6 heteroatoms. The Morgan fingerprint density at radius 2 is 2.11 bits per heavy atom. The third-order valence-corrected chi connectivity index (χ3v) is 3.28. The van der Waals surface area contributed by atoms with Crippen LogP contribution in [0.25, 0.3) is 0 Å². The number of para-hydroxylation sites is 1. The van der Waals surface area contributed by atoms with Crippen LogP contribution in [0.4, 0.5) is 17.2 Å². The number of anilines is 3. The lowest BCUT2D eigenvalue weighted by molar-refractivity contribution is 0.328. The molecule has 5 nitrogen and oxygen atoms in total. The van der Waals surface area contributed by atoms with Crippen molar-refractivity contribution in [2.75, 3.05) is 23.9 Å². The maximum Gasteiger partial charge on any atom is 0.242 e. The van der Waals surface area contributed by atoms with Crippen molar-refractivity contribution >= 4 is 29.0 Å². The molecule has 1 heterocycles. The van der Waals surface area contributed by atoms with Gasteiger partial charge in [-0.15, -0.1) is 11.8 Å². The van der Waals surface area contributed by atoms with Gasteiger partial charge in [0.25, 0.3) is 0 Å². The molecule has 3 N–H and O–H groups in total. The number of nitrogens with two attached hydrogens (primary N) is 1. The number of benzene rings is 1. The predicted octanol–water partition coefficient (Wildman–Crippen LogP) is 2.92. The third-order valence-electron chi connectivity index (χ3n) is 2.49. The second kappa shape index (κ2) is 6.29. The molecule has 19 heavy (non-hydrogen) atoms. The average Bonchev–Trinajstić information content (AvgIpc) is 2.44. The number of ether oxygens (including phenoxy) is 1. The van der Waals surface area contributed by atoms with Crippen molar-refractivity contribution in [2.24, 2.45) is 0 Å². The van der Waals surface area contributed by atoms with Gasteiger partial charge in [0.2, 0.25) is 5.88 Å². The summed E-state index contributed by atoms with van der Waals surface area (Å²) in [7, 11) is 0. The van der Waals surface area contributed by atoms with Crippen LogP contribution < -0.4 is 15.8 Å². The molecule has 0 aliphatic heterocycles. The summed E-state index contributed by atoms with van der Waals surface area (Å²) >= 11 is 1.66. The van der Waals surface area contributed by atoms with Crippen LogP contribution >= 0.6 is 11.8 Å². The Kier molecular flexibility index (Phi) is 4.46. The molecule has 0 fully saturated rings. The minimum Gasteiger partial charge on any atom is -0.476 e. The van der Waals surface area contributed by atoms with E-state index in [1.54, 1.807) is 11.8 Å². The van der Waals surface area contributed by atoms with Crippen molar-refractivity contribution < 1.29 is 4.74 Å². The highest BCUT2D eigenvalue weighted by Crippen LogP contribution is 2.31. The minimum absolute atomic E-state index is 0.404. The van der Waals surface area contributed by atoms with Gasteiger partial charge in [-0.1, -0.05) is 12.1 Å². The molecule has 0 unspecified atom stereocenters. The fraction of sp³-hybridized carbons (Fsp3) is 0.231. The highest BCUT2D eigenvalue weighted by Gasteiger charge is 2.10. The van der Waals surface area contributed by atoms with E-state index in [0.29, 0.717) is 24.0 Å². The Bertz CT molecular complexity index is 562. The van der Waals surface area contributed by atoms with Gasteiger partial charge in [-0.05, 0) is 25.3 Å². The Morgan fingerprint density at radius 3 is 2.84 bits per heavy atom. The van der Waals surface area contributed by atoms with Crippen molar-refractivity contribution in [3.05, 3.63) is 30.6 Å². The first kappa shape index (κ1) is 13.5. The quantitative estimate of drug-likeness (QED) is 0.818. The van der Waals surface area contributed by atoms with Gasteiger partial charge in [-0.25, -0.2) is 4.98 Å². The van der Waals surface area contributed by atoms with E-state index in [4.69, 9.17) is 10.5 Å². The highest BCUT2D eigenvalue weighted by molar-refractivity contribution is 7.98. The normalized spacial score (nSPS) is 10.2. The lowest BCUT2D eigenvalue weighted by Gasteiger charge is -2.13. The van der Waals surface area contributed by atoms with Gasteiger partial charge in [-0.3, -0.25) is 0 Å². The van der Waals surface area contributed by atoms with E-state index in [1.165, 1.54) is 6.33 Å². The maximum atomic E-state index is 5.99. The maximum absolute atomic E-state index is 5.99. The number of aromatic nitrogens is 2. The zero-order valence-electron chi connectivity index (χ0n) is 10.9. The van der Waals surface area contributed by atoms with Gasteiger partial charge >= 0.3 is 0 Å². The SMILES string of the molecule is CCOc1ncnc(Nc2ccccc2SC)c1N. The molecule has 0 bridgehead atoms. The molecule has 0 saturated carbocycles. The molecule has 2 rings (SSSR count). The monoisotopic (exact) mass is 276 g/mol. The summed E-state index contributed by atoms with van der Waals surface area (Å²) in [6.45, 7) is 2.40. The van der Waals surface area contributed by atoms with E-state index < -0.39 is 0 Å². The van der Waals surface area contributed by atoms with E-state index in [9.17, 15) is 0 Å². The number of nitrogen functional groups attached to an aromatic ring is 1. The van der Waals surface area contributed by atoms with Gasteiger partial charge in [-0.2, -0.15) is 4.98 Å². The fourth-order valence-electron chi connectivity index (χ4n) is 1.61. The average molecular weight is 276 g/mol. The van der Waals surface area contributed by atoms with Crippen LogP contribution in [-0.2, 0) is 0 Å². The first-order valence-corrected chi connectivity index (χ1v) is 7.12. The lowest BCUT2D eigenvalue weighted by Crippen LogP contribution is -2.05. The van der Waals surface area contributed by atoms with Crippen LogP contribution in [0.1, 0.15) is 6.92 Å². The Morgan fingerprint density at radius 1 is 1.32 bits per heavy atom. The van der Waals surface area contributed by atoms with Crippen LogP contribution in [0, 0.1) is 0 Å². The van der Waals surface area contributed by atoms with Crippen molar-refractivity contribution in [3.63, 3.8) is 0 Å². The first-order valence-electron chi connectivity index (χ1n) is 5.89. The topological polar surface area (TPSA) is 73.1 Å². The van der Waals surface area contributed by atoms with E-state index in [1.807, 2.05) is 37.4 Å². The number of nitrogens with one attached hydrogen (secondary N) is 1. The number of thioether (sulfide) groups is 1. The molecule has 1 aromatic carbocycles. The second-order valence-corrected chi connectivity index (χ2v) is 4.55. The Hall–Kier alpha value is -1.95. The molecule has 0 aliphatic carbocycles. The standard InChI is InChI=1S/C13H16N4OS/c1-3-18-13-11(14)12(15-8-16-13)17-9-6-4-5-7-10(9)19-2/h4-8H,3,14H2,1-2H3,(H,15,16,17). The van der Waals surface area contributed by atoms with Crippen LogP contribution in [0.3, 0.4) is 0 Å². The molecule has 0 aliphatic rings. The van der Waals surface area contributed by atoms with Gasteiger partial charge in [0.05, 0.1) is 12.3 Å². The molecule has 0 radical (unpaired) electrons. The summed E-state index contributed by atoms with van der Waals surface area (Å²) in [6, 6.07) is 7.97. The van der Waals surface area contributed by atoms with E-state index in [-0.39, 0.29) is 0 Å². The van der Waals surface area contributed by atoms with E-state index in [2.05, 4.69) is 15.3 Å². The zero-order chi connectivity index (χ0) is 13.7. The molecular formula is C13H16N4OS. The van der Waals surface area contributed by atoms with Crippen LogP contribution in [0.2, 0.25) is 0 Å². The molecule has 1 aromatic heterocycles. The summed E-state index contributed by atoms with van der Waals surface area (Å²) in [4.78, 5) is 9.29. The highest BCUT2D eigenvalue weighted by atomic mass is 32.2. The molecule has 0 spiro atoms.